The number of nitrogens with zero attached hydrogens (tertiary/aromatic N) is 3. The number of amides is 1. The maximum absolute atomic E-state index is 12.1. The van der Waals surface area contributed by atoms with Gasteiger partial charge in [0.05, 0.1) is 12.6 Å². The highest BCUT2D eigenvalue weighted by Crippen LogP contribution is 2.23. The number of carbonyl (C=O) groups is 2. The van der Waals surface area contributed by atoms with Crippen LogP contribution in [0.3, 0.4) is 0 Å². The summed E-state index contributed by atoms with van der Waals surface area (Å²) in [6, 6.07) is 13.8. The number of ether oxygens (including phenoxy) is 1. The number of pyridine rings is 1. The van der Waals surface area contributed by atoms with Gasteiger partial charge in [-0.2, -0.15) is 5.10 Å². The van der Waals surface area contributed by atoms with Crippen molar-refractivity contribution in [3.8, 4) is 11.3 Å². The SMILES string of the molecule is CC(C)OC(=O)CNC(=O)/C=C/c1cn(Cc2ccccc2)nc1-c1cccnc1. The molecule has 3 aromatic rings. The number of carbonyl (C=O) groups excluding carboxylic acids is 2. The molecule has 0 aliphatic rings. The van der Waals surface area contributed by atoms with Crippen LogP contribution in [0.15, 0.2) is 67.1 Å². The Morgan fingerprint density at radius 1 is 1.17 bits per heavy atom. The Morgan fingerprint density at radius 3 is 2.67 bits per heavy atom. The minimum absolute atomic E-state index is 0.177. The molecule has 7 heteroatoms. The zero-order valence-electron chi connectivity index (χ0n) is 17.0. The van der Waals surface area contributed by atoms with Crippen molar-refractivity contribution in [2.24, 2.45) is 0 Å². The van der Waals surface area contributed by atoms with E-state index in [0.717, 1.165) is 22.4 Å². The number of hydrogen-bond donors (Lipinski definition) is 1. The summed E-state index contributed by atoms with van der Waals surface area (Å²) in [6.45, 7) is 3.94. The van der Waals surface area contributed by atoms with Crippen LogP contribution in [0.25, 0.3) is 17.3 Å². The second-order valence-corrected chi connectivity index (χ2v) is 6.95. The van der Waals surface area contributed by atoms with Crippen molar-refractivity contribution >= 4 is 18.0 Å². The molecule has 30 heavy (non-hydrogen) atoms. The van der Waals surface area contributed by atoms with Gasteiger partial charge >= 0.3 is 5.97 Å². The molecular weight excluding hydrogens is 380 g/mol. The summed E-state index contributed by atoms with van der Waals surface area (Å²) < 4.78 is 6.83. The summed E-state index contributed by atoms with van der Waals surface area (Å²) in [5.74, 6) is -0.859. The summed E-state index contributed by atoms with van der Waals surface area (Å²) in [6.07, 6.45) is 8.15. The molecule has 0 atom stereocenters. The predicted molar refractivity (Wildman–Crippen MR) is 114 cm³/mol. The zero-order chi connectivity index (χ0) is 21.3. The van der Waals surface area contributed by atoms with E-state index in [1.165, 1.54) is 6.08 Å². The van der Waals surface area contributed by atoms with Crippen LogP contribution in [0, 0.1) is 0 Å². The molecule has 0 unspecified atom stereocenters. The summed E-state index contributed by atoms with van der Waals surface area (Å²) >= 11 is 0. The second-order valence-electron chi connectivity index (χ2n) is 6.95. The molecule has 0 aliphatic heterocycles. The highest BCUT2D eigenvalue weighted by molar-refractivity contribution is 5.94. The molecule has 154 valence electrons. The van der Waals surface area contributed by atoms with E-state index in [2.05, 4.69) is 15.4 Å². The van der Waals surface area contributed by atoms with Crippen LogP contribution < -0.4 is 5.32 Å². The van der Waals surface area contributed by atoms with E-state index in [4.69, 9.17) is 4.74 Å². The molecule has 1 N–H and O–H groups in total. The average molecular weight is 404 g/mol. The van der Waals surface area contributed by atoms with Crippen LogP contribution in [0.1, 0.15) is 25.0 Å². The Morgan fingerprint density at radius 2 is 1.97 bits per heavy atom. The van der Waals surface area contributed by atoms with Crippen LogP contribution in [0.5, 0.6) is 0 Å². The topological polar surface area (TPSA) is 86.1 Å². The molecule has 1 aromatic carbocycles. The van der Waals surface area contributed by atoms with E-state index >= 15 is 0 Å². The molecule has 3 rings (SSSR count). The molecule has 0 spiro atoms. The van der Waals surface area contributed by atoms with Gasteiger partial charge in [-0.05, 0) is 37.6 Å². The fourth-order valence-corrected chi connectivity index (χ4v) is 2.83. The van der Waals surface area contributed by atoms with E-state index in [1.807, 2.05) is 53.3 Å². The number of nitrogens with one attached hydrogen (secondary N) is 1. The Bertz CT molecular complexity index is 1010. The molecule has 2 heterocycles. The Hall–Kier alpha value is -3.74. The molecule has 0 saturated heterocycles. The lowest BCUT2D eigenvalue weighted by molar-refractivity contribution is -0.147. The van der Waals surface area contributed by atoms with Gasteiger partial charge in [0.1, 0.15) is 12.2 Å². The third-order valence-corrected chi connectivity index (χ3v) is 4.10. The summed E-state index contributed by atoms with van der Waals surface area (Å²) in [4.78, 5) is 27.8. The summed E-state index contributed by atoms with van der Waals surface area (Å²) in [5, 5.41) is 7.20. The highest BCUT2D eigenvalue weighted by Gasteiger charge is 2.11. The normalized spacial score (nSPS) is 11.0. The van der Waals surface area contributed by atoms with E-state index in [-0.39, 0.29) is 18.6 Å². The summed E-state index contributed by atoms with van der Waals surface area (Å²) in [7, 11) is 0. The number of benzene rings is 1. The highest BCUT2D eigenvalue weighted by atomic mass is 16.5. The minimum Gasteiger partial charge on any atom is -0.462 e. The lowest BCUT2D eigenvalue weighted by atomic mass is 10.1. The van der Waals surface area contributed by atoms with Crippen LogP contribution in [-0.2, 0) is 20.9 Å². The van der Waals surface area contributed by atoms with E-state index < -0.39 is 5.97 Å². The average Bonchev–Trinajstić information content (AvgIpc) is 3.14. The quantitative estimate of drug-likeness (QED) is 0.461. The van der Waals surface area contributed by atoms with Crippen molar-refractivity contribution in [3.05, 3.63) is 78.3 Å². The van der Waals surface area contributed by atoms with Crippen LogP contribution >= 0.6 is 0 Å². The fraction of sp³-hybridized carbons (Fsp3) is 0.217. The first-order valence-electron chi connectivity index (χ1n) is 9.68. The largest absolute Gasteiger partial charge is 0.462 e. The third kappa shape index (κ3) is 6.13. The summed E-state index contributed by atoms with van der Waals surface area (Å²) in [5.41, 5.74) is 3.47. The van der Waals surface area contributed by atoms with Crippen LogP contribution in [0.2, 0.25) is 0 Å². The lowest BCUT2D eigenvalue weighted by Crippen LogP contribution is -2.30. The molecule has 0 fully saturated rings. The number of rotatable bonds is 8. The third-order valence-electron chi connectivity index (χ3n) is 4.10. The Labute approximate surface area is 175 Å². The van der Waals surface area contributed by atoms with Gasteiger partial charge in [0, 0.05) is 35.8 Å². The van der Waals surface area contributed by atoms with Crippen molar-refractivity contribution in [2.45, 2.75) is 26.5 Å². The fourth-order valence-electron chi connectivity index (χ4n) is 2.83. The van der Waals surface area contributed by atoms with Gasteiger partial charge in [0.2, 0.25) is 5.91 Å². The van der Waals surface area contributed by atoms with Crippen molar-refractivity contribution < 1.29 is 14.3 Å². The molecular formula is C23H24N4O3. The predicted octanol–water partition coefficient (Wildman–Crippen LogP) is 3.07. The molecule has 2 aromatic heterocycles. The Kier molecular flexibility index (Phi) is 7.10. The molecule has 1 amide bonds. The van der Waals surface area contributed by atoms with Gasteiger partial charge in [-0.3, -0.25) is 19.3 Å². The van der Waals surface area contributed by atoms with Gasteiger partial charge in [0.15, 0.2) is 0 Å². The van der Waals surface area contributed by atoms with Gasteiger partial charge in [-0.1, -0.05) is 30.3 Å². The van der Waals surface area contributed by atoms with Crippen molar-refractivity contribution in [1.29, 1.82) is 0 Å². The maximum atomic E-state index is 12.1. The molecule has 0 saturated carbocycles. The number of hydrogen-bond acceptors (Lipinski definition) is 5. The van der Waals surface area contributed by atoms with Crippen molar-refractivity contribution in [2.75, 3.05) is 6.54 Å². The standard InChI is InChI=1S/C23H24N4O3/c1-17(2)30-22(29)14-25-21(28)11-10-20-16-27(15-18-7-4-3-5-8-18)26-23(20)19-9-6-12-24-13-19/h3-13,16-17H,14-15H2,1-2H3,(H,25,28)/b11-10+. The van der Waals surface area contributed by atoms with Crippen molar-refractivity contribution in [1.82, 2.24) is 20.1 Å². The van der Waals surface area contributed by atoms with E-state index in [1.54, 1.807) is 32.3 Å². The van der Waals surface area contributed by atoms with Crippen LogP contribution in [-0.4, -0.2) is 39.3 Å². The minimum atomic E-state index is -0.474. The maximum Gasteiger partial charge on any atom is 0.325 e. The second kappa shape index (κ2) is 10.2. The molecule has 0 bridgehead atoms. The van der Waals surface area contributed by atoms with E-state index in [0.29, 0.717) is 6.54 Å². The zero-order valence-corrected chi connectivity index (χ0v) is 17.0. The van der Waals surface area contributed by atoms with E-state index in [9.17, 15) is 9.59 Å². The van der Waals surface area contributed by atoms with Gasteiger partial charge < -0.3 is 10.1 Å². The monoisotopic (exact) mass is 404 g/mol. The van der Waals surface area contributed by atoms with Crippen LogP contribution in [0.4, 0.5) is 0 Å². The first kappa shape index (κ1) is 21.0. The molecule has 0 aliphatic carbocycles. The Balaban J connectivity index is 1.76. The first-order chi connectivity index (χ1) is 14.5. The van der Waals surface area contributed by atoms with Gasteiger partial charge in [-0.15, -0.1) is 0 Å². The number of aromatic nitrogens is 3. The molecule has 0 radical (unpaired) electrons. The van der Waals surface area contributed by atoms with Gasteiger partial charge in [0.25, 0.3) is 0 Å². The smallest absolute Gasteiger partial charge is 0.325 e. The van der Waals surface area contributed by atoms with Crippen molar-refractivity contribution in [3.63, 3.8) is 0 Å². The number of esters is 1. The lowest BCUT2D eigenvalue weighted by Gasteiger charge is -2.07. The molecule has 7 nitrogen and oxygen atoms in total. The first-order valence-corrected chi connectivity index (χ1v) is 9.68. The van der Waals surface area contributed by atoms with Gasteiger partial charge in [-0.25, -0.2) is 0 Å².